The van der Waals surface area contributed by atoms with Gasteiger partial charge in [-0.15, -0.1) is 0 Å². The van der Waals surface area contributed by atoms with Crippen molar-refractivity contribution in [1.82, 2.24) is 0 Å². The van der Waals surface area contributed by atoms with E-state index in [-0.39, 0.29) is 13.0 Å². The van der Waals surface area contributed by atoms with E-state index in [0.29, 0.717) is 33.4 Å². The molecular weight excluding hydrogens is 564 g/mol. The van der Waals surface area contributed by atoms with Crippen LogP contribution in [-0.4, -0.2) is 132 Å². The number of aliphatic hydroxyl groups excluding tert-OH is 9. The molecule has 5 rings (SSSR count). The first-order chi connectivity index (χ1) is 20.5. The first-order valence-electron chi connectivity index (χ1n) is 13.8. The van der Waals surface area contributed by atoms with E-state index in [1.165, 1.54) is 0 Å². The van der Waals surface area contributed by atoms with Crippen LogP contribution in [0.2, 0.25) is 0 Å². The van der Waals surface area contributed by atoms with E-state index in [0.717, 1.165) is 0 Å². The van der Waals surface area contributed by atoms with Crippen molar-refractivity contribution in [3.63, 3.8) is 0 Å². The van der Waals surface area contributed by atoms with Crippen LogP contribution in [0.1, 0.15) is 28.7 Å². The van der Waals surface area contributed by atoms with Gasteiger partial charge >= 0.3 is 0 Å². The fraction of sp³-hybridized carbons (Fsp3) is 0.484. The Labute approximate surface area is 247 Å². The molecule has 1 aliphatic carbocycles. The number of hydrogen-bond donors (Lipinski definition) is 10. The molecule has 0 amide bonds. The first kappa shape index (κ1) is 31.5. The lowest BCUT2D eigenvalue weighted by molar-refractivity contribution is -0.214. The van der Waals surface area contributed by atoms with Gasteiger partial charge in [-0.2, -0.15) is 0 Å². The monoisotopic (exact) mass is 598 g/mol. The fourth-order valence-corrected chi connectivity index (χ4v) is 5.72. The molecule has 2 saturated heterocycles. The molecule has 2 aromatic carbocycles. The maximum atomic E-state index is 11.9. The quantitative estimate of drug-likeness (QED) is 0.156. The van der Waals surface area contributed by atoms with E-state index in [4.69, 9.17) is 9.47 Å². The molecule has 0 bridgehead atoms. The summed E-state index contributed by atoms with van der Waals surface area (Å²) >= 11 is 0. The molecule has 12 nitrogen and oxygen atoms in total. The van der Waals surface area contributed by atoms with Crippen molar-refractivity contribution in [2.24, 2.45) is 0 Å². The third kappa shape index (κ3) is 5.70. The van der Waals surface area contributed by atoms with Gasteiger partial charge < -0.3 is 60.5 Å². The summed E-state index contributed by atoms with van der Waals surface area (Å²) in [5, 5.41) is 101. The Morgan fingerprint density at radius 3 is 1.40 bits per heavy atom. The Balaban J connectivity index is 1.44. The number of aliphatic hydroxyl groups is 10. The third-order valence-electron chi connectivity index (χ3n) is 8.20. The average Bonchev–Trinajstić information content (AvgIpc) is 3.25. The van der Waals surface area contributed by atoms with Gasteiger partial charge in [-0.3, -0.25) is 0 Å². The van der Waals surface area contributed by atoms with Crippen LogP contribution in [0.3, 0.4) is 0 Å². The zero-order valence-corrected chi connectivity index (χ0v) is 22.9. The summed E-state index contributed by atoms with van der Waals surface area (Å²) in [4.78, 5) is 0. The maximum Gasteiger partial charge on any atom is 0.147 e. The van der Waals surface area contributed by atoms with Crippen molar-refractivity contribution >= 4 is 0 Å². The highest BCUT2D eigenvalue weighted by molar-refractivity contribution is 5.81. The molecule has 2 fully saturated rings. The van der Waals surface area contributed by atoms with Crippen molar-refractivity contribution in [2.45, 2.75) is 73.1 Å². The fourth-order valence-electron chi connectivity index (χ4n) is 5.72. The molecule has 10 atom stereocenters. The van der Waals surface area contributed by atoms with Crippen LogP contribution in [-0.2, 0) is 15.1 Å². The van der Waals surface area contributed by atoms with Gasteiger partial charge in [0.1, 0.15) is 66.6 Å². The molecule has 2 aliphatic heterocycles. The second kappa shape index (κ2) is 12.6. The van der Waals surface area contributed by atoms with E-state index in [1.807, 2.05) is 0 Å². The summed E-state index contributed by atoms with van der Waals surface area (Å²) in [6, 6.07) is 10.2. The van der Waals surface area contributed by atoms with Crippen LogP contribution in [0, 0.1) is 23.7 Å². The first-order valence-corrected chi connectivity index (χ1v) is 13.8. The van der Waals surface area contributed by atoms with Crippen molar-refractivity contribution in [2.75, 3.05) is 19.8 Å². The van der Waals surface area contributed by atoms with Gasteiger partial charge in [-0.05, 0) is 46.5 Å². The van der Waals surface area contributed by atoms with Crippen LogP contribution < -0.4 is 0 Å². The van der Waals surface area contributed by atoms with E-state index in [2.05, 4.69) is 23.7 Å². The van der Waals surface area contributed by atoms with Gasteiger partial charge in [-0.1, -0.05) is 35.8 Å². The number of ether oxygens (including phenoxy) is 2. The van der Waals surface area contributed by atoms with Crippen molar-refractivity contribution < 1.29 is 60.5 Å². The largest absolute Gasteiger partial charge is 0.396 e. The van der Waals surface area contributed by atoms with E-state index < -0.39 is 79.9 Å². The Morgan fingerprint density at radius 2 is 1.02 bits per heavy atom. The zero-order valence-electron chi connectivity index (χ0n) is 22.9. The van der Waals surface area contributed by atoms with E-state index in [1.54, 1.807) is 36.4 Å². The molecule has 0 radical (unpaired) electrons. The summed E-state index contributed by atoms with van der Waals surface area (Å²) < 4.78 is 10.9. The van der Waals surface area contributed by atoms with E-state index in [9.17, 15) is 51.1 Å². The predicted octanol–water partition coefficient (Wildman–Crippen LogP) is -3.33. The highest BCUT2D eigenvalue weighted by atomic mass is 16.5. The summed E-state index contributed by atoms with van der Waals surface area (Å²) in [5.41, 5.74) is 1.56. The minimum absolute atomic E-state index is 0.0554. The maximum absolute atomic E-state index is 11.9. The van der Waals surface area contributed by atoms with Crippen molar-refractivity contribution in [1.29, 1.82) is 0 Å². The highest BCUT2D eigenvalue weighted by Gasteiger charge is 2.44. The van der Waals surface area contributed by atoms with Crippen molar-refractivity contribution in [3.8, 4) is 34.8 Å². The summed E-state index contributed by atoms with van der Waals surface area (Å²) in [6.45, 7) is -1.51. The van der Waals surface area contributed by atoms with Crippen LogP contribution in [0.5, 0.6) is 0 Å². The summed E-state index contributed by atoms with van der Waals surface area (Å²) in [5.74, 6) is 11.1. The SMILES string of the molecule is OCCC1(O)c2cc(C#CC3OC(CO)C(O)C(O)C3O)ccc2-c2ccc(C#CC3OC(CO)C(O)C(O)C3O)cc21. The molecule has 2 aromatic rings. The zero-order chi connectivity index (χ0) is 31.1. The molecule has 0 aromatic heterocycles. The number of hydrogen-bond acceptors (Lipinski definition) is 12. The Morgan fingerprint density at radius 1 is 0.605 bits per heavy atom. The molecule has 2 heterocycles. The normalized spacial score (nSPS) is 36.5. The number of fused-ring (bicyclic) bond motifs is 3. The number of benzene rings is 2. The Kier molecular flexibility index (Phi) is 9.23. The van der Waals surface area contributed by atoms with Crippen LogP contribution >= 0.6 is 0 Å². The van der Waals surface area contributed by atoms with Gasteiger partial charge in [0, 0.05) is 24.2 Å². The van der Waals surface area contributed by atoms with Gasteiger partial charge in [-0.25, -0.2) is 0 Å². The van der Waals surface area contributed by atoms with Gasteiger partial charge in [0.05, 0.1) is 13.2 Å². The summed E-state index contributed by atoms with van der Waals surface area (Å²) in [6.07, 6.45) is -13.8. The minimum Gasteiger partial charge on any atom is -0.396 e. The molecule has 230 valence electrons. The molecule has 3 aliphatic rings. The molecule has 10 N–H and O–H groups in total. The topological polar surface area (TPSA) is 221 Å². The predicted molar refractivity (Wildman–Crippen MR) is 148 cm³/mol. The van der Waals surface area contributed by atoms with Crippen molar-refractivity contribution in [3.05, 3.63) is 58.7 Å². The molecule has 0 spiro atoms. The minimum atomic E-state index is -1.62. The van der Waals surface area contributed by atoms with Gasteiger partial charge in [0.25, 0.3) is 0 Å². The van der Waals surface area contributed by atoms with Gasteiger partial charge in [0.2, 0.25) is 0 Å². The standard InChI is InChI=1S/C31H34O12/c32-10-9-31(41)19-11-15(3-7-21-25(35)29(39)27(37)23(13-33)42-21)1-5-17(19)18-6-2-16(12-20(18)31)4-8-22-26(36)30(40)28(38)24(14-34)43-22/h1-2,5-6,11-12,21-30,32-41H,9-10,13-14H2. The smallest absolute Gasteiger partial charge is 0.147 e. The lowest BCUT2D eigenvalue weighted by atomic mass is 9.87. The molecule has 12 heteroatoms. The third-order valence-corrected chi connectivity index (χ3v) is 8.20. The van der Waals surface area contributed by atoms with Gasteiger partial charge in [0.15, 0.2) is 0 Å². The van der Waals surface area contributed by atoms with Crippen LogP contribution in [0.15, 0.2) is 36.4 Å². The lowest BCUT2D eigenvalue weighted by Gasteiger charge is -2.37. The Hall–Kier alpha value is -2.92. The second-order valence-electron chi connectivity index (χ2n) is 10.9. The van der Waals surface area contributed by atoms with E-state index >= 15 is 0 Å². The molecule has 0 saturated carbocycles. The Bertz CT molecular complexity index is 1350. The number of rotatable bonds is 4. The lowest BCUT2D eigenvalue weighted by Crippen LogP contribution is -2.58. The molecule has 43 heavy (non-hydrogen) atoms. The highest BCUT2D eigenvalue weighted by Crippen LogP contribution is 2.49. The van der Waals surface area contributed by atoms with Crippen LogP contribution in [0.4, 0.5) is 0 Å². The second-order valence-corrected chi connectivity index (χ2v) is 10.9. The molecular formula is C31H34O12. The molecule has 10 unspecified atom stereocenters. The van der Waals surface area contributed by atoms with Crippen LogP contribution in [0.25, 0.3) is 11.1 Å². The summed E-state index contributed by atoms with van der Waals surface area (Å²) in [7, 11) is 0. The average molecular weight is 599 g/mol.